The van der Waals surface area contributed by atoms with Gasteiger partial charge in [0.25, 0.3) is 0 Å². The van der Waals surface area contributed by atoms with Crippen LogP contribution in [0.5, 0.6) is 0 Å². The summed E-state index contributed by atoms with van der Waals surface area (Å²) in [4.78, 5) is 26.4. The van der Waals surface area contributed by atoms with Crippen LogP contribution in [0.15, 0.2) is 30.3 Å². The zero-order valence-electron chi connectivity index (χ0n) is 24.1. The number of rotatable bonds is 21. The van der Waals surface area contributed by atoms with Crippen LogP contribution >= 0.6 is 0 Å². The number of ether oxygens (including phenoxy) is 3. The van der Waals surface area contributed by atoms with E-state index in [1.165, 1.54) is 44.9 Å². The van der Waals surface area contributed by atoms with E-state index in [1.54, 1.807) is 4.90 Å². The topological polar surface area (TPSA) is 65.1 Å². The van der Waals surface area contributed by atoms with E-state index in [4.69, 9.17) is 14.2 Å². The van der Waals surface area contributed by atoms with Crippen molar-refractivity contribution >= 4 is 12.1 Å². The Morgan fingerprint density at radius 1 is 0.757 bits per heavy atom. The third-order valence-electron chi connectivity index (χ3n) is 6.09. The molecule has 6 heteroatoms. The highest BCUT2D eigenvalue weighted by Gasteiger charge is 2.21. The van der Waals surface area contributed by atoms with Crippen molar-refractivity contribution in [2.24, 2.45) is 0 Å². The van der Waals surface area contributed by atoms with Gasteiger partial charge in [0.1, 0.15) is 5.60 Å². The van der Waals surface area contributed by atoms with Gasteiger partial charge in [0.05, 0.1) is 19.8 Å². The molecule has 1 aromatic rings. The van der Waals surface area contributed by atoms with Crippen molar-refractivity contribution in [3.05, 3.63) is 35.9 Å². The summed E-state index contributed by atoms with van der Waals surface area (Å²) in [5, 5.41) is 0. The Labute approximate surface area is 226 Å². The Kier molecular flexibility index (Phi) is 18.6. The summed E-state index contributed by atoms with van der Waals surface area (Å²) >= 11 is 0. The quantitative estimate of drug-likeness (QED) is 0.121. The highest BCUT2D eigenvalue weighted by atomic mass is 16.6. The van der Waals surface area contributed by atoms with E-state index in [1.807, 2.05) is 51.1 Å². The lowest BCUT2D eigenvalue weighted by Gasteiger charge is -2.27. The monoisotopic (exact) mass is 519 g/mol. The van der Waals surface area contributed by atoms with Crippen molar-refractivity contribution in [3.8, 4) is 0 Å². The van der Waals surface area contributed by atoms with Crippen LogP contribution < -0.4 is 0 Å². The highest BCUT2D eigenvalue weighted by Crippen LogP contribution is 2.13. The molecule has 0 aliphatic heterocycles. The van der Waals surface area contributed by atoms with Crippen LogP contribution in [-0.4, -0.2) is 48.9 Å². The number of carbonyl (C=O) groups is 2. The molecule has 0 bridgehead atoms. The van der Waals surface area contributed by atoms with Crippen molar-refractivity contribution in [3.63, 3.8) is 0 Å². The van der Waals surface area contributed by atoms with Crippen molar-refractivity contribution in [1.82, 2.24) is 4.90 Å². The lowest BCUT2D eigenvalue weighted by Crippen LogP contribution is -2.39. The van der Waals surface area contributed by atoms with Crippen LogP contribution in [0.4, 0.5) is 4.79 Å². The second kappa shape index (κ2) is 20.9. The number of carbonyl (C=O) groups excluding carboxylic acids is 2. The fraction of sp³-hybridized carbons (Fsp3) is 0.742. The second-order valence-corrected chi connectivity index (χ2v) is 10.9. The van der Waals surface area contributed by atoms with Gasteiger partial charge in [-0.15, -0.1) is 0 Å². The maximum absolute atomic E-state index is 12.6. The Balaban J connectivity index is 2.16. The number of benzene rings is 1. The first-order valence-electron chi connectivity index (χ1n) is 14.6. The van der Waals surface area contributed by atoms with Crippen molar-refractivity contribution in [2.75, 3.05) is 26.3 Å². The van der Waals surface area contributed by atoms with Crippen LogP contribution in [0.2, 0.25) is 0 Å². The van der Waals surface area contributed by atoms with Gasteiger partial charge in [-0.3, -0.25) is 4.79 Å². The second-order valence-electron chi connectivity index (χ2n) is 10.9. The number of unbranched alkanes of at least 4 members (excludes halogenated alkanes) is 10. The first-order chi connectivity index (χ1) is 17.8. The summed E-state index contributed by atoms with van der Waals surface area (Å²) in [5.41, 5.74) is 0.564. The molecule has 1 amide bonds. The molecular weight excluding hydrogens is 466 g/mol. The smallest absolute Gasteiger partial charge is 0.410 e. The molecule has 0 N–H and O–H groups in total. The Hall–Kier alpha value is -2.08. The van der Waals surface area contributed by atoms with Gasteiger partial charge in [-0.25, -0.2) is 4.79 Å². The van der Waals surface area contributed by atoms with Crippen LogP contribution in [0.3, 0.4) is 0 Å². The van der Waals surface area contributed by atoms with E-state index in [9.17, 15) is 9.59 Å². The van der Waals surface area contributed by atoms with Crippen molar-refractivity contribution < 1.29 is 23.8 Å². The largest absolute Gasteiger partial charge is 0.466 e. The average molecular weight is 520 g/mol. The normalized spacial score (nSPS) is 11.4. The predicted molar refractivity (Wildman–Crippen MR) is 151 cm³/mol. The van der Waals surface area contributed by atoms with Gasteiger partial charge in [-0.05, 0) is 45.6 Å². The molecule has 1 rings (SSSR count). The fourth-order valence-corrected chi connectivity index (χ4v) is 3.98. The third-order valence-corrected chi connectivity index (χ3v) is 6.09. The lowest BCUT2D eigenvalue weighted by molar-refractivity contribution is -0.143. The van der Waals surface area contributed by atoms with Crippen LogP contribution in [0.1, 0.15) is 117 Å². The minimum absolute atomic E-state index is 0.113. The molecule has 0 fully saturated rings. The summed E-state index contributed by atoms with van der Waals surface area (Å²) < 4.78 is 16.7. The van der Waals surface area contributed by atoms with Crippen molar-refractivity contribution in [1.29, 1.82) is 0 Å². The van der Waals surface area contributed by atoms with E-state index in [0.29, 0.717) is 39.3 Å². The molecule has 0 saturated carbocycles. The Morgan fingerprint density at radius 3 is 2.03 bits per heavy atom. The number of nitrogens with zero attached hydrogens (tertiary/aromatic N) is 1. The van der Waals surface area contributed by atoms with E-state index in [0.717, 1.165) is 37.7 Å². The molecule has 0 spiro atoms. The summed E-state index contributed by atoms with van der Waals surface area (Å²) in [5.74, 6) is -0.113. The standard InChI is InChI=1S/C31H53NO5/c1-5-6-7-8-9-10-11-12-19-25-36-29(33)22-17-14-18-23-32(30(34)37-31(2,3)4)24-26-35-27-28-20-15-13-16-21-28/h13,15-16,20-21H,5-12,14,17-19,22-27H2,1-4H3. The molecule has 6 nitrogen and oxygen atoms in total. The molecule has 0 atom stereocenters. The molecule has 0 radical (unpaired) electrons. The van der Waals surface area contributed by atoms with Crippen LogP contribution in [0, 0.1) is 0 Å². The van der Waals surface area contributed by atoms with Gasteiger partial charge in [0, 0.05) is 19.5 Å². The first kappa shape index (κ1) is 32.9. The number of amides is 1. The van der Waals surface area contributed by atoms with Gasteiger partial charge < -0.3 is 19.1 Å². The SMILES string of the molecule is CCCCCCCCCCCOC(=O)CCCCCN(CCOCc1ccccc1)C(=O)OC(C)(C)C. The number of hydrogen-bond acceptors (Lipinski definition) is 5. The average Bonchev–Trinajstić information content (AvgIpc) is 2.85. The summed E-state index contributed by atoms with van der Waals surface area (Å²) in [6, 6.07) is 9.99. The highest BCUT2D eigenvalue weighted by molar-refractivity contribution is 5.69. The molecular formula is C31H53NO5. The molecule has 0 unspecified atom stereocenters. The van der Waals surface area contributed by atoms with E-state index < -0.39 is 5.60 Å². The van der Waals surface area contributed by atoms with Gasteiger partial charge in [-0.1, -0.05) is 95.0 Å². The molecule has 212 valence electrons. The van der Waals surface area contributed by atoms with Crippen molar-refractivity contribution in [2.45, 2.75) is 123 Å². The minimum atomic E-state index is -0.543. The number of esters is 1. The molecule has 0 aliphatic carbocycles. The summed E-state index contributed by atoms with van der Waals surface area (Å²) in [6.07, 6.45) is 13.8. The van der Waals surface area contributed by atoms with Gasteiger partial charge in [0.2, 0.25) is 0 Å². The van der Waals surface area contributed by atoms with E-state index >= 15 is 0 Å². The van der Waals surface area contributed by atoms with E-state index in [2.05, 4.69) is 6.92 Å². The zero-order valence-corrected chi connectivity index (χ0v) is 24.1. The molecule has 0 heterocycles. The first-order valence-corrected chi connectivity index (χ1v) is 14.6. The summed E-state index contributed by atoms with van der Waals surface area (Å²) in [6.45, 7) is 10.4. The number of hydrogen-bond donors (Lipinski definition) is 0. The summed E-state index contributed by atoms with van der Waals surface area (Å²) in [7, 11) is 0. The maximum Gasteiger partial charge on any atom is 0.410 e. The Morgan fingerprint density at radius 2 is 1.38 bits per heavy atom. The maximum atomic E-state index is 12.6. The third kappa shape index (κ3) is 19.7. The van der Waals surface area contributed by atoms with Crippen LogP contribution in [-0.2, 0) is 25.6 Å². The van der Waals surface area contributed by atoms with Gasteiger partial charge >= 0.3 is 12.1 Å². The van der Waals surface area contributed by atoms with Gasteiger partial charge in [0.15, 0.2) is 0 Å². The lowest BCUT2D eigenvalue weighted by atomic mass is 10.1. The molecule has 0 aromatic heterocycles. The van der Waals surface area contributed by atoms with Crippen LogP contribution in [0.25, 0.3) is 0 Å². The van der Waals surface area contributed by atoms with Gasteiger partial charge in [-0.2, -0.15) is 0 Å². The molecule has 1 aromatic carbocycles. The molecule has 0 saturated heterocycles. The fourth-order valence-electron chi connectivity index (χ4n) is 3.98. The molecule has 37 heavy (non-hydrogen) atoms. The minimum Gasteiger partial charge on any atom is -0.466 e. The van der Waals surface area contributed by atoms with E-state index in [-0.39, 0.29) is 12.1 Å². The Bertz CT molecular complexity index is 701. The molecule has 0 aliphatic rings. The predicted octanol–water partition coefficient (Wildman–Crippen LogP) is 8.07. The zero-order chi connectivity index (χ0) is 27.2.